The van der Waals surface area contributed by atoms with Gasteiger partial charge in [-0.1, -0.05) is 0 Å². The summed E-state index contributed by atoms with van der Waals surface area (Å²) in [5.74, 6) is 2.72. The molecule has 0 spiro atoms. The summed E-state index contributed by atoms with van der Waals surface area (Å²) >= 11 is 1.83. The molecule has 0 saturated carbocycles. The van der Waals surface area contributed by atoms with E-state index < -0.39 is 6.10 Å². The zero-order valence-electron chi connectivity index (χ0n) is 11.7. The highest BCUT2D eigenvalue weighted by molar-refractivity contribution is 7.99. The van der Waals surface area contributed by atoms with E-state index in [0.717, 1.165) is 40.7 Å². The standard InChI is InChI=1S/C14H21NO3S/c1-9-7-15-11(10(2)14(9)17-3)6-12(16)13-8-19-5-4-18-13/h7,12-13,16H,4-6,8H2,1-3H3. The zero-order chi connectivity index (χ0) is 13.8. The molecule has 1 aromatic rings. The van der Waals surface area contributed by atoms with Gasteiger partial charge in [-0.15, -0.1) is 0 Å². The van der Waals surface area contributed by atoms with Crippen LogP contribution in [0.2, 0.25) is 0 Å². The first-order chi connectivity index (χ1) is 9.13. The Morgan fingerprint density at radius 1 is 1.58 bits per heavy atom. The molecule has 0 amide bonds. The smallest absolute Gasteiger partial charge is 0.128 e. The Morgan fingerprint density at radius 2 is 2.37 bits per heavy atom. The normalized spacial score (nSPS) is 21.2. The number of hydrogen-bond acceptors (Lipinski definition) is 5. The Morgan fingerprint density at radius 3 is 3.00 bits per heavy atom. The van der Waals surface area contributed by atoms with E-state index in [0.29, 0.717) is 6.42 Å². The Balaban J connectivity index is 2.10. The minimum atomic E-state index is -0.508. The summed E-state index contributed by atoms with van der Waals surface area (Å²) in [4.78, 5) is 4.42. The molecule has 1 aromatic heterocycles. The number of aliphatic hydroxyl groups excluding tert-OH is 1. The van der Waals surface area contributed by atoms with Gasteiger partial charge in [0.2, 0.25) is 0 Å². The Kier molecular flexibility index (Phi) is 5.07. The molecule has 106 valence electrons. The molecule has 0 aromatic carbocycles. The number of hydrogen-bond donors (Lipinski definition) is 1. The Bertz CT molecular complexity index is 433. The third-order valence-corrected chi connectivity index (χ3v) is 4.44. The van der Waals surface area contributed by atoms with E-state index in [1.54, 1.807) is 13.3 Å². The first kappa shape index (κ1) is 14.6. The van der Waals surface area contributed by atoms with Crippen LogP contribution >= 0.6 is 11.8 Å². The van der Waals surface area contributed by atoms with Crippen LogP contribution in [0.5, 0.6) is 5.75 Å². The van der Waals surface area contributed by atoms with Crippen LogP contribution in [0, 0.1) is 13.8 Å². The van der Waals surface area contributed by atoms with Gasteiger partial charge in [-0.3, -0.25) is 4.98 Å². The molecule has 1 fully saturated rings. The largest absolute Gasteiger partial charge is 0.496 e. The molecule has 0 bridgehead atoms. The van der Waals surface area contributed by atoms with E-state index >= 15 is 0 Å². The van der Waals surface area contributed by atoms with E-state index in [1.807, 2.05) is 25.6 Å². The highest BCUT2D eigenvalue weighted by Gasteiger charge is 2.24. The summed E-state index contributed by atoms with van der Waals surface area (Å²) in [6, 6.07) is 0. The van der Waals surface area contributed by atoms with Crippen LogP contribution in [-0.2, 0) is 11.2 Å². The van der Waals surface area contributed by atoms with Crippen molar-refractivity contribution < 1.29 is 14.6 Å². The lowest BCUT2D eigenvalue weighted by Gasteiger charge is -2.27. The lowest BCUT2D eigenvalue weighted by atomic mass is 10.0. The van der Waals surface area contributed by atoms with Gasteiger partial charge in [-0.05, 0) is 13.8 Å². The van der Waals surface area contributed by atoms with Gasteiger partial charge in [-0.2, -0.15) is 11.8 Å². The summed E-state index contributed by atoms with van der Waals surface area (Å²) < 4.78 is 11.0. The van der Waals surface area contributed by atoms with E-state index in [-0.39, 0.29) is 6.10 Å². The van der Waals surface area contributed by atoms with Crippen LogP contribution in [0.4, 0.5) is 0 Å². The molecule has 1 aliphatic heterocycles. The molecule has 1 N–H and O–H groups in total. The van der Waals surface area contributed by atoms with E-state index in [1.165, 1.54) is 0 Å². The average Bonchev–Trinajstić information content (AvgIpc) is 2.43. The van der Waals surface area contributed by atoms with E-state index in [4.69, 9.17) is 9.47 Å². The molecule has 2 rings (SSSR count). The van der Waals surface area contributed by atoms with Gasteiger partial charge in [0.25, 0.3) is 0 Å². The molecular weight excluding hydrogens is 262 g/mol. The highest BCUT2D eigenvalue weighted by atomic mass is 32.2. The molecular formula is C14H21NO3S. The number of pyridine rings is 1. The second kappa shape index (κ2) is 6.59. The minimum absolute atomic E-state index is 0.0905. The van der Waals surface area contributed by atoms with Crippen molar-refractivity contribution in [3.8, 4) is 5.75 Å². The number of aliphatic hydroxyl groups is 1. The summed E-state index contributed by atoms with van der Waals surface area (Å²) in [5.41, 5.74) is 2.90. The molecule has 0 aliphatic carbocycles. The second-order valence-corrected chi connectivity index (χ2v) is 5.95. The molecule has 2 atom stereocenters. The molecule has 2 unspecified atom stereocenters. The van der Waals surface area contributed by atoms with Crippen molar-refractivity contribution in [1.82, 2.24) is 4.98 Å². The number of thioether (sulfide) groups is 1. The number of rotatable bonds is 4. The number of aryl methyl sites for hydroxylation is 1. The van der Waals surface area contributed by atoms with Gasteiger partial charge >= 0.3 is 0 Å². The minimum Gasteiger partial charge on any atom is -0.496 e. The molecule has 0 radical (unpaired) electrons. The third-order valence-electron chi connectivity index (χ3n) is 3.42. The van der Waals surface area contributed by atoms with Crippen molar-refractivity contribution in [2.75, 3.05) is 25.2 Å². The first-order valence-corrected chi connectivity index (χ1v) is 7.65. The highest BCUT2D eigenvalue weighted by Crippen LogP contribution is 2.26. The van der Waals surface area contributed by atoms with Crippen LogP contribution in [0.25, 0.3) is 0 Å². The SMILES string of the molecule is COc1c(C)cnc(CC(O)C2CSCCO2)c1C. The van der Waals surface area contributed by atoms with Crippen molar-refractivity contribution >= 4 is 11.8 Å². The maximum Gasteiger partial charge on any atom is 0.128 e. The predicted octanol–water partition coefficient (Wildman–Crippen LogP) is 1.74. The fourth-order valence-electron chi connectivity index (χ4n) is 2.33. The van der Waals surface area contributed by atoms with Crippen LogP contribution in [0.15, 0.2) is 6.20 Å². The summed E-state index contributed by atoms with van der Waals surface area (Å²) in [7, 11) is 1.66. The molecule has 4 nitrogen and oxygen atoms in total. The van der Waals surface area contributed by atoms with Gasteiger partial charge < -0.3 is 14.6 Å². The fraction of sp³-hybridized carbons (Fsp3) is 0.643. The molecule has 19 heavy (non-hydrogen) atoms. The average molecular weight is 283 g/mol. The van der Waals surface area contributed by atoms with Crippen molar-refractivity contribution in [1.29, 1.82) is 0 Å². The van der Waals surface area contributed by atoms with Gasteiger partial charge in [0.1, 0.15) is 5.75 Å². The summed E-state index contributed by atoms with van der Waals surface area (Å²) in [6.45, 7) is 4.67. The van der Waals surface area contributed by atoms with Gasteiger partial charge in [0.05, 0.1) is 25.9 Å². The van der Waals surface area contributed by atoms with Crippen molar-refractivity contribution in [2.24, 2.45) is 0 Å². The zero-order valence-corrected chi connectivity index (χ0v) is 12.5. The van der Waals surface area contributed by atoms with E-state index in [9.17, 15) is 5.11 Å². The number of methoxy groups -OCH3 is 1. The number of ether oxygens (including phenoxy) is 2. The third kappa shape index (κ3) is 3.41. The molecule has 5 heteroatoms. The van der Waals surface area contributed by atoms with Crippen molar-refractivity contribution in [3.05, 3.63) is 23.0 Å². The topological polar surface area (TPSA) is 51.6 Å². The number of nitrogens with zero attached hydrogens (tertiary/aromatic N) is 1. The van der Waals surface area contributed by atoms with Crippen molar-refractivity contribution in [2.45, 2.75) is 32.5 Å². The molecule has 2 heterocycles. The molecule has 1 saturated heterocycles. The van der Waals surface area contributed by atoms with E-state index in [2.05, 4.69) is 4.98 Å². The van der Waals surface area contributed by atoms with Crippen LogP contribution in [0.3, 0.4) is 0 Å². The predicted molar refractivity (Wildman–Crippen MR) is 77.0 cm³/mol. The number of aromatic nitrogens is 1. The lowest BCUT2D eigenvalue weighted by molar-refractivity contribution is -0.0212. The second-order valence-electron chi connectivity index (χ2n) is 4.80. The van der Waals surface area contributed by atoms with Gasteiger partial charge in [-0.25, -0.2) is 0 Å². The van der Waals surface area contributed by atoms with Gasteiger partial charge in [0.15, 0.2) is 0 Å². The molecule has 1 aliphatic rings. The lowest BCUT2D eigenvalue weighted by Crippen LogP contribution is -2.36. The van der Waals surface area contributed by atoms with Crippen molar-refractivity contribution in [3.63, 3.8) is 0 Å². The summed E-state index contributed by atoms with van der Waals surface area (Å²) in [6.07, 6.45) is 1.71. The first-order valence-electron chi connectivity index (χ1n) is 6.50. The maximum absolute atomic E-state index is 10.3. The van der Waals surface area contributed by atoms with Crippen LogP contribution in [-0.4, -0.2) is 47.5 Å². The van der Waals surface area contributed by atoms with Crippen LogP contribution in [0.1, 0.15) is 16.8 Å². The monoisotopic (exact) mass is 283 g/mol. The van der Waals surface area contributed by atoms with Gasteiger partial charge in [0, 0.05) is 40.9 Å². The Labute approximate surface area is 118 Å². The fourth-order valence-corrected chi connectivity index (χ4v) is 3.27. The summed E-state index contributed by atoms with van der Waals surface area (Å²) in [5, 5.41) is 10.3. The van der Waals surface area contributed by atoms with Crippen LogP contribution < -0.4 is 4.74 Å². The quantitative estimate of drug-likeness (QED) is 0.912. The Hall–Kier alpha value is -0.780. The maximum atomic E-state index is 10.3.